The minimum absolute atomic E-state index is 0.353. The Morgan fingerprint density at radius 3 is 2.82 bits per heavy atom. The molecule has 1 aromatic carbocycles. The van der Waals surface area contributed by atoms with Crippen LogP contribution in [0, 0.1) is 13.8 Å². The third-order valence-electron chi connectivity index (χ3n) is 1.88. The van der Waals surface area contributed by atoms with Gasteiger partial charge >= 0.3 is 71.7 Å². The topological polar surface area (TPSA) is 12.9 Å². The first kappa shape index (κ1) is 7.08. The second-order valence-corrected chi connectivity index (χ2v) is 4.40. The van der Waals surface area contributed by atoms with Crippen LogP contribution >= 0.6 is 0 Å². The van der Waals surface area contributed by atoms with Crippen LogP contribution in [0.1, 0.15) is 11.3 Å². The van der Waals surface area contributed by atoms with Gasteiger partial charge in [0.15, 0.2) is 0 Å². The summed E-state index contributed by atoms with van der Waals surface area (Å²) in [4.78, 5) is 0. The van der Waals surface area contributed by atoms with Crippen LogP contribution in [0.5, 0.6) is 0 Å². The van der Waals surface area contributed by atoms with Crippen LogP contribution in [0.15, 0.2) is 18.2 Å². The number of benzene rings is 1. The predicted octanol–water partition coefficient (Wildman–Crippen LogP) is 1.91. The summed E-state index contributed by atoms with van der Waals surface area (Å²) < 4.78 is 5.88. The SMILES string of the molecule is Cc1cccc2[se]nc(C)c12. The van der Waals surface area contributed by atoms with Crippen molar-refractivity contribution in [2.45, 2.75) is 13.8 Å². The van der Waals surface area contributed by atoms with Gasteiger partial charge in [-0.1, -0.05) is 0 Å². The van der Waals surface area contributed by atoms with Gasteiger partial charge < -0.3 is 0 Å². The fourth-order valence-corrected chi connectivity index (χ4v) is 3.16. The Balaban J connectivity index is 2.96. The summed E-state index contributed by atoms with van der Waals surface area (Å²) >= 11 is 0.353. The Labute approximate surface area is 72.0 Å². The van der Waals surface area contributed by atoms with Gasteiger partial charge in [-0.25, -0.2) is 0 Å². The van der Waals surface area contributed by atoms with E-state index >= 15 is 0 Å². The Kier molecular flexibility index (Phi) is 1.59. The van der Waals surface area contributed by atoms with Crippen molar-refractivity contribution < 1.29 is 0 Å². The molecule has 0 bridgehead atoms. The summed E-state index contributed by atoms with van der Waals surface area (Å²) in [6.45, 7) is 4.25. The number of aryl methyl sites for hydroxylation is 2. The van der Waals surface area contributed by atoms with Crippen molar-refractivity contribution in [3.63, 3.8) is 0 Å². The molecule has 56 valence electrons. The molecule has 0 aliphatic carbocycles. The summed E-state index contributed by atoms with van der Waals surface area (Å²) in [6, 6.07) is 6.45. The third-order valence-corrected chi connectivity index (χ3v) is 3.77. The zero-order chi connectivity index (χ0) is 7.84. The Morgan fingerprint density at radius 2 is 2.09 bits per heavy atom. The first-order valence-corrected chi connectivity index (χ1v) is 5.23. The molecule has 11 heavy (non-hydrogen) atoms. The minimum atomic E-state index is 0.353. The molecule has 0 saturated carbocycles. The molecule has 0 atom stereocenters. The van der Waals surface area contributed by atoms with Crippen LogP contribution in [-0.4, -0.2) is 18.7 Å². The van der Waals surface area contributed by atoms with Crippen LogP contribution in [-0.2, 0) is 0 Å². The quantitative estimate of drug-likeness (QED) is 0.605. The number of nitrogens with zero attached hydrogens (tertiary/aromatic N) is 1. The molecule has 2 rings (SSSR count). The molecule has 0 fully saturated rings. The van der Waals surface area contributed by atoms with E-state index in [2.05, 4.69) is 36.0 Å². The molecule has 0 aliphatic rings. The van der Waals surface area contributed by atoms with E-state index in [1.165, 1.54) is 20.9 Å². The average Bonchev–Trinajstić information content (AvgIpc) is 2.34. The van der Waals surface area contributed by atoms with Crippen molar-refractivity contribution in [3.05, 3.63) is 29.5 Å². The standard InChI is InChI=1S/C9H9NSe/c1-6-4-3-5-8-9(6)7(2)10-11-8/h3-5H,1-2H3. The van der Waals surface area contributed by atoms with Crippen molar-refractivity contribution in [3.8, 4) is 0 Å². The Morgan fingerprint density at radius 1 is 1.27 bits per heavy atom. The Hall–Kier alpha value is -0.591. The van der Waals surface area contributed by atoms with Crippen molar-refractivity contribution in [2.24, 2.45) is 0 Å². The average molecular weight is 210 g/mol. The molecule has 2 aromatic rings. The van der Waals surface area contributed by atoms with Gasteiger partial charge in [-0.2, -0.15) is 0 Å². The first-order valence-electron chi connectivity index (χ1n) is 3.60. The van der Waals surface area contributed by atoms with E-state index in [4.69, 9.17) is 0 Å². The molecule has 0 saturated heterocycles. The molecule has 0 radical (unpaired) electrons. The van der Waals surface area contributed by atoms with Crippen LogP contribution in [0.4, 0.5) is 0 Å². The number of aromatic nitrogens is 1. The molecule has 0 unspecified atom stereocenters. The molecule has 1 heterocycles. The molecule has 1 aromatic heterocycles. The fourth-order valence-electron chi connectivity index (χ4n) is 1.34. The van der Waals surface area contributed by atoms with Gasteiger partial charge in [-0.15, -0.1) is 0 Å². The molecular weight excluding hydrogens is 201 g/mol. The van der Waals surface area contributed by atoms with Crippen LogP contribution in [0.2, 0.25) is 0 Å². The second kappa shape index (κ2) is 2.47. The van der Waals surface area contributed by atoms with Gasteiger partial charge in [0.05, 0.1) is 0 Å². The monoisotopic (exact) mass is 211 g/mol. The van der Waals surface area contributed by atoms with E-state index in [1.54, 1.807) is 0 Å². The molecule has 1 nitrogen and oxygen atoms in total. The van der Waals surface area contributed by atoms with Crippen molar-refractivity contribution in [2.75, 3.05) is 0 Å². The predicted molar refractivity (Wildman–Crippen MR) is 48.2 cm³/mol. The second-order valence-electron chi connectivity index (χ2n) is 2.72. The normalized spacial score (nSPS) is 10.7. The van der Waals surface area contributed by atoms with E-state index in [1.807, 2.05) is 0 Å². The molecule has 0 spiro atoms. The van der Waals surface area contributed by atoms with Gasteiger partial charge in [0.25, 0.3) is 0 Å². The molecular formula is C9H9NSe. The summed E-state index contributed by atoms with van der Waals surface area (Å²) in [5.74, 6) is 0. The number of hydrogen-bond acceptors (Lipinski definition) is 1. The molecule has 0 amide bonds. The summed E-state index contributed by atoms with van der Waals surface area (Å²) in [7, 11) is 0. The fraction of sp³-hybridized carbons (Fsp3) is 0.222. The Bertz CT molecular complexity index is 389. The maximum absolute atomic E-state index is 4.44. The van der Waals surface area contributed by atoms with Gasteiger partial charge in [-0.05, 0) is 0 Å². The van der Waals surface area contributed by atoms with Gasteiger partial charge in [-0.3, -0.25) is 0 Å². The number of rotatable bonds is 0. The van der Waals surface area contributed by atoms with Gasteiger partial charge in [0, 0.05) is 0 Å². The van der Waals surface area contributed by atoms with E-state index in [-0.39, 0.29) is 0 Å². The summed E-state index contributed by atoms with van der Waals surface area (Å²) in [5.41, 5.74) is 2.58. The zero-order valence-electron chi connectivity index (χ0n) is 6.59. The third kappa shape index (κ3) is 1.03. The van der Waals surface area contributed by atoms with Crippen molar-refractivity contribution in [1.82, 2.24) is 3.98 Å². The molecule has 2 heteroatoms. The van der Waals surface area contributed by atoms with Crippen LogP contribution < -0.4 is 0 Å². The van der Waals surface area contributed by atoms with E-state index in [9.17, 15) is 0 Å². The molecule has 0 aliphatic heterocycles. The maximum atomic E-state index is 4.44. The van der Waals surface area contributed by atoms with Gasteiger partial charge in [0.1, 0.15) is 0 Å². The first-order chi connectivity index (χ1) is 5.29. The van der Waals surface area contributed by atoms with E-state index < -0.39 is 0 Å². The van der Waals surface area contributed by atoms with Crippen LogP contribution in [0.25, 0.3) is 9.65 Å². The molecule has 0 N–H and O–H groups in total. The summed E-state index contributed by atoms with van der Waals surface area (Å²) in [6.07, 6.45) is 0. The van der Waals surface area contributed by atoms with Crippen molar-refractivity contribution in [1.29, 1.82) is 0 Å². The number of fused-ring (bicyclic) bond motifs is 1. The summed E-state index contributed by atoms with van der Waals surface area (Å²) in [5, 5.41) is 1.40. The van der Waals surface area contributed by atoms with Gasteiger partial charge in [0.2, 0.25) is 0 Å². The van der Waals surface area contributed by atoms with Crippen molar-refractivity contribution >= 4 is 24.4 Å². The van der Waals surface area contributed by atoms with E-state index in [0.717, 1.165) is 0 Å². The zero-order valence-corrected chi connectivity index (χ0v) is 8.30. The van der Waals surface area contributed by atoms with Crippen LogP contribution in [0.3, 0.4) is 0 Å². The van der Waals surface area contributed by atoms with E-state index in [0.29, 0.717) is 14.7 Å². The number of hydrogen-bond donors (Lipinski definition) is 0.